The summed E-state index contributed by atoms with van der Waals surface area (Å²) in [6.45, 7) is 8.38. The molecule has 0 aliphatic rings. The number of amides is 1. The molecule has 0 radical (unpaired) electrons. The van der Waals surface area contributed by atoms with Crippen molar-refractivity contribution in [1.82, 2.24) is 10.2 Å². The van der Waals surface area contributed by atoms with Crippen molar-refractivity contribution in [2.75, 3.05) is 19.6 Å². The molecule has 39 heavy (non-hydrogen) atoms. The van der Waals surface area contributed by atoms with E-state index in [1.165, 1.54) is 0 Å². The average molecular weight is 595 g/mol. The van der Waals surface area contributed by atoms with E-state index in [-0.39, 0.29) is 5.91 Å². The Kier molecular flexibility index (Phi) is 12.2. The normalized spacial score (nSPS) is 12.5. The summed E-state index contributed by atoms with van der Waals surface area (Å²) in [6.07, 6.45) is 1.72. The highest BCUT2D eigenvalue weighted by atomic mass is 79.9. The minimum atomic E-state index is -0.573. The van der Waals surface area contributed by atoms with Crippen LogP contribution in [0, 0.1) is 6.92 Å². The Morgan fingerprint density at radius 1 is 0.923 bits per heavy atom. The minimum Gasteiger partial charge on any atom is -0.456 e. The van der Waals surface area contributed by atoms with Crippen molar-refractivity contribution < 1.29 is 14.3 Å². The van der Waals surface area contributed by atoms with E-state index in [1.54, 1.807) is 12.1 Å². The number of carbonyl (C=O) groups is 2. The number of halogens is 1. The lowest BCUT2D eigenvalue weighted by atomic mass is 10.0. The first-order valence-corrected chi connectivity index (χ1v) is 14.5. The molecule has 0 saturated heterocycles. The van der Waals surface area contributed by atoms with Crippen molar-refractivity contribution in [3.8, 4) is 0 Å². The predicted molar refractivity (Wildman–Crippen MR) is 161 cm³/mol. The summed E-state index contributed by atoms with van der Waals surface area (Å²) in [7, 11) is 0. The third-order valence-corrected chi connectivity index (χ3v) is 6.94. The summed E-state index contributed by atoms with van der Waals surface area (Å²) in [6, 6.07) is 22.8. The molecule has 3 aromatic carbocycles. The topological polar surface area (TPSA) is 84.7 Å². The third kappa shape index (κ3) is 9.60. The van der Waals surface area contributed by atoms with Crippen LogP contribution in [0.2, 0.25) is 0 Å². The van der Waals surface area contributed by atoms with Gasteiger partial charge in [-0.05, 0) is 73.2 Å². The Morgan fingerprint density at radius 3 is 2.26 bits per heavy atom. The van der Waals surface area contributed by atoms with E-state index in [2.05, 4.69) is 35.1 Å². The number of benzene rings is 3. The van der Waals surface area contributed by atoms with Gasteiger partial charge in [-0.3, -0.25) is 4.79 Å². The standard InChI is InChI=1S/C32H40BrN3O3/c1-4-14-36(15-5-2)31(37)26-16-23(3)17-27(20-26)32(38)39-30(22-35-21-24-10-7-6-8-11-24)29(34)19-25-12-9-13-28(33)18-25/h6-13,16-18,20,29-30,35H,4-5,14-15,19,21-22,34H2,1-3H3. The van der Waals surface area contributed by atoms with Gasteiger partial charge in [0, 0.05) is 42.3 Å². The number of carbonyl (C=O) groups excluding carboxylic acids is 2. The van der Waals surface area contributed by atoms with Gasteiger partial charge in [0.2, 0.25) is 0 Å². The molecule has 0 bridgehead atoms. The molecule has 2 atom stereocenters. The van der Waals surface area contributed by atoms with Gasteiger partial charge in [0.1, 0.15) is 6.10 Å². The molecule has 0 saturated carbocycles. The molecule has 3 N–H and O–H groups in total. The van der Waals surface area contributed by atoms with Gasteiger partial charge in [0.15, 0.2) is 0 Å². The fraction of sp³-hybridized carbons (Fsp3) is 0.375. The van der Waals surface area contributed by atoms with E-state index < -0.39 is 18.1 Å². The molecule has 3 aromatic rings. The second-order valence-electron chi connectivity index (χ2n) is 9.94. The van der Waals surface area contributed by atoms with Crippen LogP contribution in [-0.2, 0) is 17.7 Å². The highest BCUT2D eigenvalue weighted by Gasteiger charge is 2.25. The minimum absolute atomic E-state index is 0.0658. The molecule has 208 valence electrons. The number of hydrogen-bond donors (Lipinski definition) is 2. The molecule has 1 amide bonds. The van der Waals surface area contributed by atoms with Crippen LogP contribution < -0.4 is 11.1 Å². The molecular weight excluding hydrogens is 554 g/mol. The zero-order valence-corrected chi connectivity index (χ0v) is 24.7. The quantitative estimate of drug-likeness (QED) is 0.227. The first kappa shape index (κ1) is 30.5. The fourth-order valence-corrected chi connectivity index (χ4v) is 5.02. The molecule has 0 aromatic heterocycles. The van der Waals surface area contributed by atoms with Gasteiger partial charge in [0.25, 0.3) is 5.91 Å². The van der Waals surface area contributed by atoms with Gasteiger partial charge in [-0.25, -0.2) is 4.79 Å². The zero-order chi connectivity index (χ0) is 28.2. The van der Waals surface area contributed by atoms with E-state index in [0.29, 0.717) is 43.7 Å². The van der Waals surface area contributed by atoms with Gasteiger partial charge in [0.05, 0.1) is 5.56 Å². The summed E-state index contributed by atoms with van der Waals surface area (Å²) < 4.78 is 6.99. The highest BCUT2D eigenvalue weighted by molar-refractivity contribution is 9.10. The molecule has 2 unspecified atom stereocenters. The molecular formula is C32H40BrN3O3. The summed E-state index contributed by atoms with van der Waals surface area (Å²) in [5.74, 6) is -0.551. The highest BCUT2D eigenvalue weighted by Crippen LogP contribution is 2.18. The van der Waals surface area contributed by atoms with Gasteiger partial charge in [-0.2, -0.15) is 0 Å². The van der Waals surface area contributed by atoms with Crippen molar-refractivity contribution in [3.63, 3.8) is 0 Å². The molecule has 0 spiro atoms. The van der Waals surface area contributed by atoms with Crippen molar-refractivity contribution in [2.24, 2.45) is 5.73 Å². The van der Waals surface area contributed by atoms with Gasteiger partial charge in [-0.15, -0.1) is 0 Å². The number of aryl methyl sites for hydroxylation is 1. The van der Waals surface area contributed by atoms with Crippen LogP contribution in [-0.4, -0.2) is 48.6 Å². The summed E-state index contributed by atoms with van der Waals surface area (Å²) in [4.78, 5) is 28.5. The van der Waals surface area contributed by atoms with Crippen molar-refractivity contribution >= 4 is 27.8 Å². The molecule has 7 heteroatoms. The number of rotatable bonds is 14. The van der Waals surface area contributed by atoms with Crippen LogP contribution in [0.1, 0.15) is 64.1 Å². The van der Waals surface area contributed by atoms with Crippen molar-refractivity contribution in [3.05, 3.63) is 105 Å². The van der Waals surface area contributed by atoms with E-state index in [1.807, 2.05) is 72.5 Å². The lowest BCUT2D eigenvalue weighted by molar-refractivity contribution is 0.0238. The molecule has 3 rings (SSSR count). The lowest BCUT2D eigenvalue weighted by Crippen LogP contribution is -2.46. The monoisotopic (exact) mass is 593 g/mol. The number of hydrogen-bond acceptors (Lipinski definition) is 5. The SMILES string of the molecule is CCCN(CCC)C(=O)c1cc(C)cc(C(=O)OC(CNCc2ccccc2)C(N)Cc2cccc(Br)c2)c1. The molecule has 6 nitrogen and oxygen atoms in total. The van der Waals surface area contributed by atoms with Crippen LogP contribution >= 0.6 is 15.9 Å². The maximum absolute atomic E-state index is 13.4. The molecule has 0 fully saturated rings. The first-order valence-electron chi connectivity index (χ1n) is 13.7. The average Bonchev–Trinajstić information content (AvgIpc) is 2.92. The van der Waals surface area contributed by atoms with Gasteiger partial charge in [-0.1, -0.05) is 72.2 Å². The van der Waals surface area contributed by atoms with E-state index in [9.17, 15) is 9.59 Å². The summed E-state index contributed by atoms with van der Waals surface area (Å²) in [5.41, 5.74) is 10.5. The van der Waals surface area contributed by atoms with E-state index >= 15 is 0 Å². The van der Waals surface area contributed by atoms with Crippen LogP contribution in [0.4, 0.5) is 0 Å². The Labute approximate surface area is 241 Å². The van der Waals surface area contributed by atoms with Crippen LogP contribution in [0.3, 0.4) is 0 Å². The molecule has 0 aliphatic heterocycles. The van der Waals surface area contributed by atoms with Crippen molar-refractivity contribution in [2.45, 2.75) is 58.7 Å². The summed E-state index contributed by atoms with van der Waals surface area (Å²) >= 11 is 3.51. The second kappa shape index (κ2) is 15.6. The summed E-state index contributed by atoms with van der Waals surface area (Å²) in [5, 5.41) is 3.39. The smallest absolute Gasteiger partial charge is 0.338 e. The second-order valence-corrected chi connectivity index (χ2v) is 10.9. The van der Waals surface area contributed by atoms with Gasteiger partial charge >= 0.3 is 5.97 Å². The first-order chi connectivity index (χ1) is 18.8. The lowest BCUT2D eigenvalue weighted by Gasteiger charge is -2.25. The largest absolute Gasteiger partial charge is 0.456 e. The fourth-order valence-electron chi connectivity index (χ4n) is 4.57. The Morgan fingerprint density at radius 2 is 1.59 bits per heavy atom. The zero-order valence-electron chi connectivity index (χ0n) is 23.2. The number of esters is 1. The predicted octanol–water partition coefficient (Wildman–Crippen LogP) is 5.90. The van der Waals surface area contributed by atoms with E-state index in [0.717, 1.165) is 34.0 Å². The number of ether oxygens (including phenoxy) is 1. The Bertz CT molecular complexity index is 1210. The third-order valence-electron chi connectivity index (χ3n) is 6.45. The van der Waals surface area contributed by atoms with Crippen LogP contribution in [0.25, 0.3) is 0 Å². The number of nitrogens with two attached hydrogens (primary N) is 1. The number of nitrogens with zero attached hydrogens (tertiary/aromatic N) is 1. The Hall–Kier alpha value is -3.00. The molecule has 0 aliphatic carbocycles. The maximum atomic E-state index is 13.4. The van der Waals surface area contributed by atoms with Crippen LogP contribution in [0.5, 0.6) is 0 Å². The van der Waals surface area contributed by atoms with Crippen molar-refractivity contribution in [1.29, 1.82) is 0 Å². The van der Waals surface area contributed by atoms with E-state index in [4.69, 9.17) is 10.5 Å². The Balaban J connectivity index is 1.78. The van der Waals surface area contributed by atoms with Crippen LogP contribution in [0.15, 0.2) is 77.3 Å². The van der Waals surface area contributed by atoms with Gasteiger partial charge < -0.3 is 20.7 Å². The molecule has 0 heterocycles. The number of nitrogens with one attached hydrogen (secondary N) is 1. The maximum Gasteiger partial charge on any atom is 0.338 e.